The van der Waals surface area contributed by atoms with Crippen LogP contribution >= 0.6 is 0 Å². The van der Waals surface area contributed by atoms with Crippen LogP contribution in [0.2, 0.25) is 0 Å². The molecule has 0 radical (unpaired) electrons. The van der Waals surface area contributed by atoms with E-state index in [1.54, 1.807) is 26.8 Å². The van der Waals surface area contributed by atoms with Crippen molar-refractivity contribution in [2.45, 2.75) is 32.8 Å². The molecule has 0 spiro atoms. The number of ether oxygens (including phenoxy) is 1. The van der Waals surface area contributed by atoms with Gasteiger partial charge in [0.05, 0.1) is 5.69 Å². The van der Waals surface area contributed by atoms with Gasteiger partial charge in [0.1, 0.15) is 5.60 Å². The van der Waals surface area contributed by atoms with Crippen molar-refractivity contribution in [1.29, 1.82) is 0 Å². The van der Waals surface area contributed by atoms with E-state index >= 15 is 0 Å². The van der Waals surface area contributed by atoms with Crippen LogP contribution in [0.5, 0.6) is 0 Å². The number of nitrogens with one attached hydrogen (secondary N) is 2. The maximum absolute atomic E-state index is 11.4. The number of hydrogen-bond acceptors (Lipinski definition) is 6. The summed E-state index contributed by atoms with van der Waals surface area (Å²) >= 11 is 0. The lowest BCUT2D eigenvalue weighted by Crippen LogP contribution is -2.33. The van der Waals surface area contributed by atoms with Gasteiger partial charge in [-0.1, -0.05) is 0 Å². The molecule has 1 amide bonds. The Labute approximate surface area is 123 Å². The van der Waals surface area contributed by atoms with E-state index in [9.17, 15) is 14.9 Å². The molecule has 0 bridgehead atoms. The highest BCUT2D eigenvalue weighted by molar-refractivity contribution is 5.67. The van der Waals surface area contributed by atoms with Crippen molar-refractivity contribution in [3.8, 4) is 0 Å². The predicted molar refractivity (Wildman–Crippen MR) is 78.2 cm³/mol. The van der Waals surface area contributed by atoms with Gasteiger partial charge in [-0.05, 0) is 43.2 Å². The first kappa shape index (κ1) is 16.7. The van der Waals surface area contributed by atoms with Gasteiger partial charge in [0.15, 0.2) is 6.20 Å². The molecule has 0 atom stereocenters. The SMILES string of the molecule is CC(C)(C)OC(=O)NCCCNc1ccc([N+](=O)[O-])nc1. The number of alkyl carbamates (subject to hydrolysis) is 1. The molecule has 0 aliphatic rings. The van der Waals surface area contributed by atoms with Crippen LogP contribution in [0.25, 0.3) is 0 Å². The smallest absolute Gasteiger partial charge is 0.407 e. The van der Waals surface area contributed by atoms with Gasteiger partial charge in [-0.2, -0.15) is 0 Å². The van der Waals surface area contributed by atoms with Gasteiger partial charge in [-0.3, -0.25) is 0 Å². The minimum absolute atomic E-state index is 0.188. The van der Waals surface area contributed by atoms with E-state index in [0.717, 1.165) is 0 Å². The Hall–Kier alpha value is -2.38. The Bertz CT molecular complexity index is 482. The molecule has 0 aliphatic heterocycles. The van der Waals surface area contributed by atoms with E-state index in [0.29, 0.717) is 25.2 Å². The first-order valence-corrected chi connectivity index (χ1v) is 6.59. The topological polar surface area (TPSA) is 106 Å². The van der Waals surface area contributed by atoms with Gasteiger partial charge in [-0.15, -0.1) is 0 Å². The lowest BCUT2D eigenvalue weighted by molar-refractivity contribution is -0.389. The molecule has 1 aromatic heterocycles. The average molecular weight is 296 g/mol. The Kier molecular flexibility index (Phi) is 5.89. The minimum Gasteiger partial charge on any atom is -0.444 e. The number of pyridine rings is 1. The summed E-state index contributed by atoms with van der Waals surface area (Å²) in [5, 5.41) is 16.1. The second-order valence-corrected chi connectivity index (χ2v) is 5.37. The Balaban J connectivity index is 2.19. The van der Waals surface area contributed by atoms with E-state index in [2.05, 4.69) is 15.6 Å². The zero-order valence-electron chi connectivity index (χ0n) is 12.4. The molecule has 0 aromatic carbocycles. The molecule has 0 aliphatic carbocycles. The average Bonchev–Trinajstić information content (AvgIpc) is 2.36. The quantitative estimate of drug-likeness (QED) is 0.474. The van der Waals surface area contributed by atoms with Gasteiger partial charge < -0.3 is 25.5 Å². The fourth-order valence-electron chi connectivity index (χ4n) is 1.42. The highest BCUT2D eigenvalue weighted by Crippen LogP contribution is 2.11. The molecule has 1 aromatic rings. The van der Waals surface area contributed by atoms with Crippen molar-refractivity contribution in [1.82, 2.24) is 10.3 Å². The third kappa shape index (κ3) is 7.09. The number of aromatic nitrogens is 1. The summed E-state index contributed by atoms with van der Waals surface area (Å²) in [6, 6.07) is 2.92. The fraction of sp³-hybridized carbons (Fsp3) is 0.538. The number of anilines is 1. The fourth-order valence-corrected chi connectivity index (χ4v) is 1.42. The van der Waals surface area contributed by atoms with Crippen LogP contribution in [0.4, 0.5) is 16.3 Å². The molecule has 2 N–H and O–H groups in total. The summed E-state index contributed by atoms with van der Waals surface area (Å²) in [5.41, 5.74) is 0.185. The van der Waals surface area contributed by atoms with Crippen LogP contribution in [0.3, 0.4) is 0 Å². The van der Waals surface area contributed by atoms with Crippen molar-refractivity contribution in [3.63, 3.8) is 0 Å². The van der Waals surface area contributed by atoms with E-state index in [1.165, 1.54) is 12.3 Å². The normalized spacial score (nSPS) is 10.8. The van der Waals surface area contributed by atoms with Crippen LogP contribution < -0.4 is 10.6 Å². The number of hydrogen-bond donors (Lipinski definition) is 2. The second kappa shape index (κ2) is 7.41. The highest BCUT2D eigenvalue weighted by Gasteiger charge is 2.15. The van der Waals surface area contributed by atoms with Gasteiger partial charge in [0.25, 0.3) is 0 Å². The maximum Gasteiger partial charge on any atom is 0.407 e. The van der Waals surface area contributed by atoms with E-state index < -0.39 is 16.6 Å². The Morgan fingerprint density at radius 2 is 2.10 bits per heavy atom. The summed E-state index contributed by atoms with van der Waals surface area (Å²) in [6.45, 7) is 6.48. The molecule has 1 rings (SSSR count). The molecule has 0 fully saturated rings. The van der Waals surface area contributed by atoms with Crippen LogP contribution in [0.15, 0.2) is 18.3 Å². The number of nitro groups is 1. The molecule has 8 heteroatoms. The van der Waals surface area contributed by atoms with Gasteiger partial charge in [-0.25, -0.2) is 4.79 Å². The standard InChI is InChI=1S/C13H20N4O4/c1-13(2,3)21-12(18)15-8-4-7-14-10-5-6-11(16-9-10)17(19)20/h5-6,9,14H,4,7-8H2,1-3H3,(H,15,18). The third-order valence-corrected chi connectivity index (χ3v) is 2.29. The number of carbonyl (C=O) groups is 1. The van der Waals surface area contributed by atoms with Crippen molar-refractivity contribution in [3.05, 3.63) is 28.4 Å². The summed E-state index contributed by atoms with van der Waals surface area (Å²) < 4.78 is 5.09. The van der Waals surface area contributed by atoms with Gasteiger partial charge in [0, 0.05) is 19.2 Å². The lowest BCUT2D eigenvalue weighted by atomic mass is 10.2. The van der Waals surface area contributed by atoms with Gasteiger partial charge in [0.2, 0.25) is 0 Å². The highest BCUT2D eigenvalue weighted by atomic mass is 16.6. The van der Waals surface area contributed by atoms with Crippen molar-refractivity contribution < 1.29 is 14.5 Å². The summed E-state index contributed by atoms with van der Waals surface area (Å²) in [7, 11) is 0. The predicted octanol–water partition coefficient (Wildman–Crippen LogP) is 2.32. The molecule has 8 nitrogen and oxygen atoms in total. The summed E-state index contributed by atoms with van der Waals surface area (Å²) in [4.78, 5) is 25.0. The zero-order valence-corrected chi connectivity index (χ0v) is 12.4. The van der Waals surface area contributed by atoms with E-state index in [-0.39, 0.29) is 5.82 Å². The molecule has 1 heterocycles. The number of carbonyl (C=O) groups excluding carboxylic acids is 1. The van der Waals surface area contributed by atoms with Crippen LogP contribution in [0.1, 0.15) is 27.2 Å². The molecule has 21 heavy (non-hydrogen) atoms. The second-order valence-electron chi connectivity index (χ2n) is 5.37. The Morgan fingerprint density at radius 3 is 2.62 bits per heavy atom. The van der Waals surface area contributed by atoms with Crippen LogP contribution in [0, 0.1) is 10.1 Å². The number of amides is 1. The van der Waals surface area contributed by atoms with Crippen LogP contribution in [-0.4, -0.2) is 34.7 Å². The van der Waals surface area contributed by atoms with E-state index in [1.807, 2.05) is 0 Å². The largest absolute Gasteiger partial charge is 0.444 e. The first-order valence-electron chi connectivity index (χ1n) is 6.59. The van der Waals surface area contributed by atoms with Crippen molar-refractivity contribution >= 4 is 17.6 Å². The summed E-state index contributed by atoms with van der Waals surface area (Å²) in [5.74, 6) is -0.188. The first-order chi connectivity index (χ1) is 9.78. The molecule has 0 saturated heterocycles. The third-order valence-electron chi connectivity index (χ3n) is 2.29. The monoisotopic (exact) mass is 296 g/mol. The zero-order chi connectivity index (χ0) is 15.9. The molecular formula is C13H20N4O4. The molecule has 0 saturated carbocycles. The lowest BCUT2D eigenvalue weighted by Gasteiger charge is -2.19. The molecular weight excluding hydrogens is 276 g/mol. The van der Waals surface area contributed by atoms with Gasteiger partial charge >= 0.3 is 11.9 Å². The van der Waals surface area contributed by atoms with E-state index in [4.69, 9.17) is 4.74 Å². The minimum atomic E-state index is -0.547. The number of rotatable bonds is 6. The molecule has 0 unspecified atom stereocenters. The Morgan fingerprint density at radius 1 is 1.38 bits per heavy atom. The van der Waals surface area contributed by atoms with Crippen molar-refractivity contribution in [2.75, 3.05) is 18.4 Å². The summed E-state index contributed by atoms with van der Waals surface area (Å²) in [6.07, 6.45) is 1.65. The maximum atomic E-state index is 11.4. The number of nitrogens with zero attached hydrogens (tertiary/aromatic N) is 2. The molecule has 116 valence electrons. The van der Waals surface area contributed by atoms with Crippen LogP contribution in [-0.2, 0) is 4.74 Å². The van der Waals surface area contributed by atoms with Crippen molar-refractivity contribution in [2.24, 2.45) is 0 Å².